The third-order valence-electron chi connectivity index (χ3n) is 1.95. The van der Waals surface area contributed by atoms with E-state index in [1.165, 1.54) is 0 Å². The molecule has 1 N–H and O–H groups in total. The standard InChI is InChI=1S/C7H10F3NO.ClH/c8-7(9,10)6(12)5-2-1-3-11-4-5;/h5,11H,1-4H2;1H. The molecule has 2 nitrogen and oxygen atoms in total. The molecule has 0 amide bonds. The first kappa shape index (κ1) is 12.7. The fourth-order valence-corrected chi connectivity index (χ4v) is 1.31. The summed E-state index contributed by atoms with van der Waals surface area (Å²) in [4.78, 5) is 10.7. The molecule has 0 radical (unpaired) electrons. The Morgan fingerprint density at radius 2 is 2.00 bits per heavy atom. The molecule has 1 fully saturated rings. The number of halogens is 4. The van der Waals surface area contributed by atoms with E-state index in [9.17, 15) is 18.0 Å². The Balaban J connectivity index is 0.00000144. The average molecular weight is 218 g/mol. The van der Waals surface area contributed by atoms with Gasteiger partial charge in [0.2, 0.25) is 5.78 Å². The number of carbonyl (C=O) groups is 1. The fourth-order valence-electron chi connectivity index (χ4n) is 1.31. The number of nitrogens with one attached hydrogen (secondary N) is 1. The lowest BCUT2D eigenvalue weighted by atomic mass is 9.95. The number of Topliss-reactive ketones (excluding diaryl/α,β-unsaturated/α-hetero) is 1. The molecule has 0 saturated carbocycles. The molecule has 1 unspecified atom stereocenters. The van der Waals surface area contributed by atoms with Gasteiger partial charge in [-0.1, -0.05) is 0 Å². The van der Waals surface area contributed by atoms with Crippen LogP contribution in [0.3, 0.4) is 0 Å². The van der Waals surface area contributed by atoms with Gasteiger partial charge in [-0.05, 0) is 19.4 Å². The van der Waals surface area contributed by atoms with Crippen LogP contribution in [-0.2, 0) is 4.79 Å². The molecule has 0 aromatic rings. The first-order chi connectivity index (χ1) is 5.52. The summed E-state index contributed by atoms with van der Waals surface area (Å²) in [6, 6.07) is 0. The van der Waals surface area contributed by atoms with E-state index in [-0.39, 0.29) is 19.0 Å². The van der Waals surface area contributed by atoms with E-state index in [2.05, 4.69) is 5.32 Å². The van der Waals surface area contributed by atoms with Gasteiger partial charge in [0.25, 0.3) is 0 Å². The van der Waals surface area contributed by atoms with Gasteiger partial charge >= 0.3 is 6.18 Å². The SMILES string of the molecule is Cl.O=C(C1CCCNC1)C(F)(F)F. The highest BCUT2D eigenvalue weighted by molar-refractivity contribution is 5.86. The largest absolute Gasteiger partial charge is 0.450 e. The van der Waals surface area contributed by atoms with Crippen molar-refractivity contribution in [2.45, 2.75) is 19.0 Å². The summed E-state index contributed by atoms with van der Waals surface area (Å²) >= 11 is 0. The number of ketones is 1. The molecule has 0 aromatic heterocycles. The minimum Gasteiger partial charge on any atom is -0.316 e. The van der Waals surface area contributed by atoms with E-state index < -0.39 is 17.9 Å². The van der Waals surface area contributed by atoms with Crippen LogP contribution in [0.25, 0.3) is 0 Å². The summed E-state index contributed by atoms with van der Waals surface area (Å²) in [6.45, 7) is 0.875. The molecule has 0 bridgehead atoms. The van der Waals surface area contributed by atoms with Crippen molar-refractivity contribution in [2.24, 2.45) is 5.92 Å². The number of alkyl halides is 3. The quantitative estimate of drug-likeness (QED) is 0.722. The maximum Gasteiger partial charge on any atom is 0.450 e. The molecule has 1 saturated heterocycles. The monoisotopic (exact) mass is 217 g/mol. The normalized spacial score (nSPS) is 23.5. The molecule has 0 spiro atoms. The minimum absolute atomic E-state index is 0. The molecule has 1 atom stereocenters. The van der Waals surface area contributed by atoms with Crippen molar-refractivity contribution in [1.82, 2.24) is 5.32 Å². The first-order valence-electron chi connectivity index (χ1n) is 3.83. The highest BCUT2D eigenvalue weighted by Crippen LogP contribution is 2.24. The predicted octanol–water partition coefficient (Wildman–Crippen LogP) is 1.54. The molecule has 1 aliphatic heterocycles. The Labute approximate surface area is 80.3 Å². The number of piperidine rings is 1. The highest BCUT2D eigenvalue weighted by atomic mass is 35.5. The van der Waals surface area contributed by atoms with Crippen LogP contribution in [0, 0.1) is 5.92 Å². The Morgan fingerprint density at radius 3 is 2.38 bits per heavy atom. The van der Waals surface area contributed by atoms with Gasteiger partial charge in [-0.25, -0.2) is 0 Å². The van der Waals surface area contributed by atoms with Crippen LogP contribution in [0.15, 0.2) is 0 Å². The van der Waals surface area contributed by atoms with Gasteiger partial charge in [-0.3, -0.25) is 4.79 Å². The van der Waals surface area contributed by atoms with Crippen LogP contribution in [0.5, 0.6) is 0 Å². The van der Waals surface area contributed by atoms with Gasteiger partial charge in [-0.2, -0.15) is 13.2 Å². The molecule has 1 aliphatic rings. The summed E-state index contributed by atoms with van der Waals surface area (Å²) in [5.41, 5.74) is 0. The zero-order chi connectivity index (χ0) is 9.19. The highest BCUT2D eigenvalue weighted by Gasteiger charge is 2.43. The first-order valence-corrected chi connectivity index (χ1v) is 3.83. The summed E-state index contributed by atoms with van der Waals surface area (Å²) in [5.74, 6) is -2.45. The van der Waals surface area contributed by atoms with Crippen molar-refractivity contribution in [3.63, 3.8) is 0 Å². The number of hydrogen-bond donors (Lipinski definition) is 1. The van der Waals surface area contributed by atoms with E-state index in [4.69, 9.17) is 0 Å². The Bertz CT molecular complexity index is 177. The van der Waals surface area contributed by atoms with Crippen molar-refractivity contribution in [3.05, 3.63) is 0 Å². The predicted molar refractivity (Wildman–Crippen MR) is 43.9 cm³/mol. The summed E-state index contributed by atoms with van der Waals surface area (Å²) < 4.78 is 35.6. The van der Waals surface area contributed by atoms with Crippen molar-refractivity contribution in [2.75, 3.05) is 13.1 Å². The zero-order valence-electron chi connectivity index (χ0n) is 6.86. The van der Waals surface area contributed by atoms with Crippen molar-refractivity contribution < 1.29 is 18.0 Å². The molecule has 13 heavy (non-hydrogen) atoms. The Morgan fingerprint density at radius 1 is 1.38 bits per heavy atom. The van der Waals surface area contributed by atoms with E-state index in [1.807, 2.05) is 0 Å². The summed E-state index contributed by atoms with van der Waals surface area (Å²) in [6.07, 6.45) is -3.67. The van der Waals surface area contributed by atoms with Crippen LogP contribution in [0.4, 0.5) is 13.2 Å². The lowest BCUT2D eigenvalue weighted by molar-refractivity contribution is -0.176. The van der Waals surface area contributed by atoms with Crippen molar-refractivity contribution in [3.8, 4) is 0 Å². The van der Waals surface area contributed by atoms with Crippen LogP contribution >= 0.6 is 12.4 Å². The average Bonchev–Trinajstić information content (AvgIpc) is 2.03. The van der Waals surface area contributed by atoms with E-state index in [1.54, 1.807) is 0 Å². The van der Waals surface area contributed by atoms with Crippen molar-refractivity contribution >= 4 is 18.2 Å². The molecule has 0 aromatic carbocycles. The van der Waals surface area contributed by atoms with Gasteiger partial charge in [0, 0.05) is 12.5 Å². The third kappa shape index (κ3) is 3.52. The molecule has 1 rings (SSSR count). The van der Waals surface area contributed by atoms with E-state index in [0.717, 1.165) is 0 Å². The number of hydrogen-bond acceptors (Lipinski definition) is 2. The van der Waals surface area contributed by atoms with Crippen LogP contribution in [0.2, 0.25) is 0 Å². The molecule has 1 heterocycles. The van der Waals surface area contributed by atoms with Crippen LogP contribution in [-0.4, -0.2) is 25.0 Å². The minimum atomic E-state index is -4.66. The fraction of sp³-hybridized carbons (Fsp3) is 0.857. The number of rotatable bonds is 1. The van der Waals surface area contributed by atoms with Gasteiger partial charge in [0.05, 0.1) is 0 Å². The molecule has 0 aliphatic carbocycles. The van der Waals surface area contributed by atoms with Gasteiger partial charge in [0.1, 0.15) is 0 Å². The van der Waals surface area contributed by atoms with E-state index >= 15 is 0 Å². The van der Waals surface area contributed by atoms with Crippen molar-refractivity contribution in [1.29, 1.82) is 0 Å². The lowest BCUT2D eigenvalue weighted by Crippen LogP contribution is -2.40. The van der Waals surface area contributed by atoms with Gasteiger partial charge in [-0.15, -0.1) is 12.4 Å². The topological polar surface area (TPSA) is 29.1 Å². The summed E-state index contributed by atoms with van der Waals surface area (Å²) in [7, 11) is 0. The van der Waals surface area contributed by atoms with Gasteiger partial charge < -0.3 is 5.32 Å². The summed E-state index contributed by atoms with van der Waals surface area (Å²) in [5, 5.41) is 2.77. The second-order valence-electron chi connectivity index (χ2n) is 2.91. The maximum atomic E-state index is 11.9. The van der Waals surface area contributed by atoms with E-state index in [0.29, 0.717) is 19.4 Å². The second-order valence-corrected chi connectivity index (χ2v) is 2.91. The zero-order valence-corrected chi connectivity index (χ0v) is 7.67. The molecular formula is C7H11ClF3NO. The van der Waals surface area contributed by atoms with Crippen LogP contribution < -0.4 is 5.32 Å². The Kier molecular flexibility index (Phi) is 4.70. The third-order valence-corrected chi connectivity index (χ3v) is 1.95. The molecule has 6 heteroatoms. The van der Waals surface area contributed by atoms with Crippen LogP contribution in [0.1, 0.15) is 12.8 Å². The molecule has 78 valence electrons. The Hall–Kier alpha value is -0.290. The lowest BCUT2D eigenvalue weighted by Gasteiger charge is -2.22. The number of carbonyl (C=O) groups excluding carboxylic acids is 1. The smallest absolute Gasteiger partial charge is 0.316 e. The molecular weight excluding hydrogens is 207 g/mol. The van der Waals surface area contributed by atoms with Gasteiger partial charge in [0.15, 0.2) is 0 Å². The second kappa shape index (κ2) is 4.81. The maximum absolute atomic E-state index is 11.9.